The van der Waals surface area contributed by atoms with Crippen LogP contribution in [0.1, 0.15) is 18.4 Å². The van der Waals surface area contributed by atoms with Crippen molar-refractivity contribution in [2.45, 2.75) is 23.8 Å². The van der Waals surface area contributed by atoms with Crippen LogP contribution < -0.4 is 0 Å². The average molecular weight is 487 g/mol. The first kappa shape index (κ1) is 22.5. The molecular formula is C24H21F3N4O2S. The molecule has 0 aliphatic carbocycles. The van der Waals surface area contributed by atoms with E-state index < -0.39 is 27.5 Å². The maximum Gasteiger partial charge on any atom is 0.243 e. The highest BCUT2D eigenvalue weighted by atomic mass is 32.2. The molecule has 2 aliphatic heterocycles. The number of pyridine rings is 1. The predicted molar refractivity (Wildman–Crippen MR) is 122 cm³/mol. The second kappa shape index (κ2) is 8.84. The highest BCUT2D eigenvalue weighted by molar-refractivity contribution is 7.89. The normalized spacial score (nSPS) is 18.1. The minimum atomic E-state index is -3.72. The van der Waals surface area contributed by atoms with Gasteiger partial charge in [-0.15, -0.1) is 0 Å². The highest BCUT2D eigenvalue weighted by Crippen LogP contribution is 2.27. The van der Waals surface area contributed by atoms with Gasteiger partial charge >= 0.3 is 0 Å². The maximum atomic E-state index is 15.0. The van der Waals surface area contributed by atoms with Crippen LogP contribution in [0.3, 0.4) is 0 Å². The van der Waals surface area contributed by atoms with Crippen LogP contribution >= 0.6 is 0 Å². The first-order valence-electron chi connectivity index (χ1n) is 10.8. The number of aliphatic imine (C=N–C) groups is 1. The van der Waals surface area contributed by atoms with Crippen LogP contribution in [0.4, 0.5) is 13.2 Å². The van der Waals surface area contributed by atoms with Gasteiger partial charge in [-0.05, 0) is 55.3 Å². The van der Waals surface area contributed by atoms with Crippen LogP contribution in [0.5, 0.6) is 0 Å². The zero-order valence-corrected chi connectivity index (χ0v) is 18.9. The molecule has 2 aliphatic rings. The molecule has 1 saturated heterocycles. The van der Waals surface area contributed by atoms with Crippen LogP contribution in [-0.4, -0.2) is 54.1 Å². The summed E-state index contributed by atoms with van der Waals surface area (Å²) in [6.45, 7) is 0.705. The van der Waals surface area contributed by atoms with Crippen molar-refractivity contribution in [3.05, 3.63) is 84.0 Å². The number of hydrogen-bond acceptors (Lipinski definition) is 5. The second-order valence-electron chi connectivity index (χ2n) is 8.26. The fraction of sp³-hybridized carbons (Fsp3) is 0.250. The van der Waals surface area contributed by atoms with Gasteiger partial charge in [0.2, 0.25) is 10.0 Å². The van der Waals surface area contributed by atoms with Crippen molar-refractivity contribution in [1.29, 1.82) is 0 Å². The number of benzene rings is 2. The highest BCUT2D eigenvalue weighted by Gasteiger charge is 2.32. The molecule has 0 radical (unpaired) electrons. The zero-order valence-electron chi connectivity index (χ0n) is 18.0. The fourth-order valence-corrected chi connectivity index (χ4v) is 5.85. The molecular weight excluding hydrogens is 465 g/mol. The van der Waals surface area contributed by atoms with Crippen LogP contribution in [0.2, 0.25) is 0 Å². The standard InChI is InChI=1S/C24H21F3N4O2S/c25-18-3-5-20(6-4-18)34(32,33)31-10-7-19(8-11-31)30-14-22(27)24(29-15-30)17-12-16-2-1-9-28-23(16)21(26)13-17/h1-6,9,12-14,19H,7-8,10-11,15H2. The summed E-state index contributed by atoms with van der Waals surface area (Å²) in [5.74, 6) is -1.62. The Morgan fingerprint density at radius 2 is 1.71 bits per heavy atom. The molecule has 0 N–H and O–H groups in total. The molecule has 176 valence electrons. The van der Waals surface area contributed by atoms with Gasteiger partial charge in [-0.1, -0.05) is 6.07 Å². The molecule has 3 heterocycles. The minimum absolute atomic E-state index is 0.0447. The number of aromatic nitrogens is 1. The second-order valence-corrected chi connectivity index (χ2v) is 10.2. The molecule has 0 spiro atoms. The summed E-state index contributed by atoms with van der Waals surface area (Å²) in [5.41, 5.74) is 0.639. The molecule has 6 nitrogen and oxygen atoms in total. The third-order valence-electron chi connectivity index (χ3n) is 6.17. The molecule has 0 saturated carbocycles. The first-order chi connectivity index (χ1) is 16.3. The molecule has 0 atom stereocenters. The van der Waals surface area contributed by atoms with E-state index in [-0.39, 0.29) is 41.9 Å². The number of allylic oxidation sites excluding steroid dienone is 1. The van der Waals surface area contributed by atoms with Gasteiger partial charge in [-0.3, -0.25) is 9.98 Å². The van der Waals surface area contributed by atoms with Crippen molar-refractivity contribution in [2.24, 2.45) is 4.99 Å². The Kier molecular flexibility index (Phi) is 5.86. The van der Waals surface area contributed by atoms with E-state index in [1.807, 2.05) is 0 Å². The van der Waals surface area contributed by atoms with E-state index in [0.717, 1.165) is 12.1 Å². The van der Waals surface area contributed by atoms with Crippen molar-refractivity contribution >= 4 is 26.6 Å². The molecule has 3 aromatic rings. The quantitative estimate of drug-likeness (QED) is 0.554. The van der Waals surface area contributed by atoms with Crippen molar-refractivity contribution in [1.82, 2.24) is 14.2 Å². The average Bonchev–Trinajstić information content (AvgIpc) is 2.84. The van der Waals surface area contributed by atoms with Gasteiger partial charge in [0.05, 0.1) is 4.90 Å². The van der Waals surface area contributed by atoms with Gasteiger partial charge in [0.25, 0.3) is 0 Å². The molecule has 2 aromatic carbocycles. The van der Waals surface area contributed by atoms with Gasteiger partial charge in [0.1, 0.15) is 29.5 Å². The Labute approximate surface area is 195 Å². The lowest BCUT2D eigenvalue weighted by Crippen LogP contribution is -2.46. The molecule has 1 aromatic heterocycles. The number of hydrogen-bond donors (Lipinski definition) is 0. The molecule has 1 fully saturated rings. The Balaban J connectivity index is 1.27. The van der Waals surface area contributed by atoms with E-state index in [9.17, 15) is 17.2 Å². The lowest BCUT2D eigenvalue weighted by molar-refractivity contribution is 0.188. The summed E-state index contributed by atoms with van der Waals surface area (Å²) in [7, 11) is -3.72. The van der Waals surface area contributed by atoms with Gasteiger partial charge in [0, 0.05) is 42.5 Å². The van der Waals surface area contributed by atoms with Gasteiger partial charge < -0.3 is 4.90 Å². The first-order valence-corrected chi connectivity index (χ1v) is 12.3. The van der Waals surface area contributed by atoms with Gasteiger partial charge in [0.15, 0.2) is 5.83 Å². The zero-order chi connectivity index (χ0) is 23.9. The third kappa shape index (κ3) is 4.19. The summed E-state index contributed by atoms with van der Waals surface area (Å²) in [4.78, 5) is 10.2. The van der Waals surface area contributed by atoms with Gasteiger partial charge in [-0.2, -0.15) is 4.31 Å². The molecule has 0 bridgehead atoms. The SMILES string of the molecule is O=S(=O)(c1ccc(F)cc1)N1CCC(N2C=C(F)C(c3cc(F)c4ncccc4c3)=NC2)CC1. The Morgan fingerprint density at radius 3 is 2.41 bits per heavy atom. The number of nitrogens with zero attached hydrogens (tertiary/aromatic N) is 4. The van der Waals surface area contributed by atoms with E-state index in [0.29, 0.717) is 23.8 Å². The van der Waals surface area contributed by atoms with Crippen LogP contribution in [0.15, 0.2) is 76.6 Å². The largest absolute Gasteiger partial charge is 0.353 e. The van der Waals surface area contributed by atoms with E-state index in [2.05, 4.69) is 9.98 Å². The summed E-state index contributed by atoms with van der Waals surface area (Å²) >= 11 is 0. The van der Waals surface area contributed by atoms with Crippen molar-refractivity contribution < 1.29 is 21.6 Å². The summed E-state index contributed by atoms with van der Waals surface area (Å²) in [6.07, 6.45) is 3.84. The van der Waals surface area contributed by atoms with E-state index >= 15 is 4.39 Å². The lowest BCUT2D eigenvalue weighted by atomic mass is 10.0. The van der Waals surface area contributed by atoms with Crippen LogP contribution in [-0.2, 0) is 10.0 Å². The molecule has 5 rings (SSSR count). The van der Waals surface area contributed by atoms with Crippen molar-refractivity contribution in [3.63, 3.8) is 0 Å². The third-order valence-corrected chi connectivity index (χ3v) is 8.09. The molecule has 0 amide bonds. The predicted octanol–water partition coefficient (Wildman–Crippen LogP) is 4.24. The maximum absolute atomic E-state index is 15.0. The van der Waals surface area contributed by atoms with Crippen LogP contribution in [0.25, 0.3) is 10.9 Å². The monoisotopic (exact) mass is 486 g/mol. The molecule has 0 unspecified atom stereocenters. The number of sulfonamides is 1. The number of halogens is 3. The van der Waals surface area contributed by atoms with Crippen molar-refractivity contribution in [2.75, 3.05) is 19.8 Å². The number of rotatable bonds is 4. The Bertz CT molecular complexity index is 1400. The lowest BCUT2D eigenvalue weighted by Gasteiger charge is -2.38. The summed E-state index contributed by atoms with van der Waals surface area (Å²) in [5, 5.41) is 0.560. The van der Waals surface area contributed by atoms with E-state index in [1.54, 1.807) is 23.1 Å². The Morgan fingerprint density at radius 1 is 0.971 bits per heavy atom. The molecule has 10 heteroatoms. The minimum Gasteiger partial charge on any atom is -0.353 e. The Hall–Kier alpha value is -3.24. The van der Waals surface area contributed by atoms with Crippen molar-refractivity contribution in [3.8, 4) is 0 Å². The number of piperidine rings is 1. The smallest absolute Gasteiger partial charge is 0.243 e. The summed E-state index contributed by atoms with van der Waals surface area (Å²) < 4.78 is 69.6. The van der Waals surface area contributed by atoms with Crippen LogP contribution in [0, 0.1) is 11.6 Å². The number of fused-ring (bicyclic) bond motifs is 1. The van der Waals surface area contributed by atoms with E-state index in [1.165, 1.54) is 34.9 Å². The topological polar surface area (TPSA) is 65.9 Å². The summed E-state index contributed by atoms with van der Waals surface area (Å²) in [6, 6.07) is 10.9. The molecule has 34 heavy (non-hydrogen) atoms. The van der Waals surface area contributed by atoms with E-state index in [4.69, 9.17) is 0 Å². The fourth-order valence-electron chi connectivity index (χ4n) is 4.38. The van der Waals surface area contributed by atoms with Gasteiger partial charge in [-0.25, -0.2) is 21.6 Å².